The first-order valence-electron chi connectivity index (χ1n) is 4.34. The first kappa shape index (κ1) is 11.0. The number of aromatic nitrogens is 1. The minimum atomic E-state index is -0.825. The van der Waals surface area contributed by atoms with E-state index in [9.17, 15) is 13.2 Å². The number of nitrogens with zero attached hydrogens (tertiary/aromatic N) is 1. The highest BCUT2D eigenvalue weighted by Gasteiger charge is 2.09. The summed E-state index contributed by atoms with van der Waals surface area (Å²) in [5, 5.41) is 0.195. The number of benzene rings is 1. The molecule has 0 N–H and O–H groups in total. The molecule has 1 heterocycles. The van der Waals surface area contributed by atoms with Gasteiger partial charge in [-0.15, -0.1) is 0 Å². The van der Waals surface area contributed by atoms with Crippen LogP contribution >= 0.6 is 11.6 Å². The quantitative estimate of drug-likeness (QED) is 0.694. The van der Waals surface area contributed by atoms with Crippen LogP contribution in [-0.4, -0.2) is 4.98 Å². The van der Waals surface area contributed by atoms with Crippen molar-refractivity contribution in [2.75, 3.05) is 0 Å². The summed E-state index contributed by atoms with van der Waals surface area (Å²) < 4.78 is 39.2. The van der Waals surface area contributed by atoms with Gasteiger partial charge in [-0.2, -0.15) is 4.39 Å². The van der Waals surface area contributed by atoms with Crippen molar-refractivity contribution in [3.63, 3.8) is 0 Å². The topological polar surface area (TPSA) is 12.9 Å². The minimum absolute atomic E-state index is 0.0362. The number of hydrogen-bond donors (Lipinski definition) is 0. The second-order valence-corrected chi connectivity index (χ2v) is 3.59. The fourth-order valence-electron chi connectivity index (χ4n) is 1.33. The van der Waals surface area contributed by atoms with Crippen molar-refractivity contribution >= 4 is 11.6 Å². The zero-order valence-corrected chi connectivity index (χ0v) is 8.60. The summed E-state index contributed by atoms with van der Waals surface area (Å²) >= 11 is 5.63. The Morgan fingerprint density at radius 1 is 0.938 bits per heavy atom. The van der Waals surface area contributed by atoms with Gasteiger partial charge in [0.05, 0.1) is 5.02 Å². The maximum absolute atomic E-state index is 13.3. The van der Waals surface area contributed by atoms with Gasteiger partial charge in [-0.3, -0.25) is 0 Å². The summed E-state index contributed by atoms with van der Waals surface area (Å²) in [6.45, 7) is 0. The van der Waals surface area contributed by atoms with Gasteiger partial charge in [0.25, 0.3) is 0 Å². The van der Waals surface area contributed by atoms with E-state index in [0.29, 0.717) is 6.07 Å². The van der Waals surface area contributed by atoms with Crippen LogP contribution in [0.25, 0.3) is 11.1 Å². The molecule has 0 amide bonds. The molecule has 5 heteroatoms. The summed E-state index contributed by atoms with van der Waals surface area (Å²) in [5.41, 5.74) is 0.0240. The predicted octanol–water partition coefficient (Wildman–Crippen LogP) is 3.82. The SMILES string of the molecule is Fc1cc(F)cc(-c2cc(Cl)cnc2F)c1. The molecule has 0 atom stereocenters. The van der Waals surface area contributed by atoms with Crippen molar-refractivity contribution in [2.45, 2.75) is 0 Å². The predicted molar refractivity (Wildman–Crippen MR) is 54.6 cm³/mol. The molecular weight excluding hydrogens is 239 g/mol. The second kappa shape index (κ2) is 4.14. The molecular formula is C11H5ClF3N. The Kier molecular flexibility index (Phi) is 2.83. The highest BCUT2D eigenvalue weighted by molar-refractivity contribution is 6.30. The van der Waals surface area contributed by atoms with Gasteiger partial charge >= 0.3 is 0 Å². The van der Waals surface area contributed by atoms with E-state index in [1.807, 2.05) is 0 Å². The molecule has 0 bridgehead atoms. The number of rotatable bonds is 1. The lowest BCUT2D eigenvalue weighted by molar-refractivity contribution is 0.579. The van der Waals surface area contributed by atoms with Gasteiger partial charge in [-0.25, -0.2) is 13.8 Å². The average molecular weight is 244 g/mol. The zero-order chi connectivity index (χ0) is 11.7. The number of pyridine rings is 1. The van der Waals surface area contributed by atoms with E-state index < -0.39 is 17.6 Å². The van der Waals surface area contributed by atoms with E-state index in [0.717, 1.165) is 18.3 Å². The van der Waals surface area contributed by atoms with Crippen LogP contribution in [-0.2, 0) is 0 Å². The molecule has 0 saturated carbocycles. The van der Waals surface area contributed by atoms with Gasteiger partial charge in [0.2, 0.25) is 5.95 Å². The molecule has 0 fully saturated rings. The molecule has 1 aromatic heterocycles. The van der Waals surface area contributed by atoms with Crippen LogP contribution in [0.2, 0.25) is 5.02 Å². The molecule has 82 valence electrons. The molecule has 0 aliphatic heterocycles. The summed E-state index contributed by atoms with van der Waals surface area (Å²) in [6.07, 6.45) is 1.12. The molecule has 16 heavy (non-hydrogen) atoms. The molecule has 2 rings (SSSR count). The van der Waals surface area contributed by atoms with E-state index in [1.54, 1.807) is 0 Å². The van der Waals surface area contributed by atoms with E-state index in [2.05, 4.69) is 4.98 Å². The standard InChI is InChI=1S/C11H5ClF3N/c12-7-3-10(11(15)16-5-7)6-1-8(13)4-9(14)2-6/h1-5H. The van der Waals surface area contributed by atoms with E-state index in [-0.39, 0.29) is 16.1 Å². The van der Waals surface area contributed by atoms with Gasteiger partial charge in [0, 0.05) is 17.8 Å². The molecule has 0 aliphatic rings. The van der Waals surface area contributed by atoms with Gasteiger partial charge in [-0.05, 0) is 23.8 Å². The highest BCUT2D eigenvalue weighted by atomic mass is 35.5. The van der Waals surface area contributed by atoms with E-state index in [4.69, 9.17) is 11.6 Å². The lowest BCUT2D eigenvalue weighted by Gasteiger charge is -2.03. The highest BCUT2D eigenvalue weighted by Crippen LogP contribution is 2.25. The van der Waals surface area contributed by atoms with Crippen molar-refractivity contribution < 1.29 is 13.2 Å². The second-order valence-electron chi connectivity index (χ2n) is 3.15. The summed E-state index contributed by atoms with van der Waals surface area (Å²) in [7, 11) is 0. The van der Waals surface area contributed by atoms with E-state index >= 15 is 0 Å². The summed E-state index contributed by atoms with van der Waals surface area (Å²) in [4.78, 5) is 3.37. The number of halogens is 4. The lowest BCUT2D eigenvalue weighted by Crippen LogP contribution is -1.90. The third-order valence-corrected chi connectivity index (χ3v) is 2.19. The van der Waals surface area contributed by atoms with Crippen LogP contribution in [0.5, 0.6) is 0 Å². The van der Waals surface area contributed by atoms with Gasteiger partial charge < -0.3 is 0 Å². The molecule has 0 saturated heterocycles. The third-order valence-electron chi connectivity index (χ3n) is 1.98. The zero-order valence-electron chi connectivity index (χ0n) is 7.85. The fraction of sp³-hybridized carbons (Fsp3) is 0. The van der Waals surface area contributed by atoms with Gasteiger partial charge in [-0.1, -0.05) is 11.6 Å². The van der Waals surface area contributed by atoms with Crippen LogP contribution in [0.3, 0.4) is 0 Å². The Bertz CT molecular complexity index is 522. The van der Waals surface area contributed by atoms with Gasteiger partial charge in [0.15, 0.2) is 0 Å². The normalized spacial score (nSPS) is 10.5. The Balaban J connectivity index is 2.62. The first-order valence-corrected chi connectivity index (χ1v) is 4.71. The molecule has 0 radical (unpaired) electrons. The first-order chi connectivity index (χ1) is 7.56. The van der Waals surface area contributed by atoms with Crippen molar-refractivity contribution in [1.82, 2.24) is 4.98 Å². The van der Waals surface area contributed by atoms with E-state index in [1.165, 1.54) is 6.07 Å². The Labute approximate surface area is 94.5 Å². The lowest BCUT2D eigenvalue weighted by atomic mass is 10.1. The molecule has 1 aromatic carbocycles. The molecule has 0 aliphatic carbocycles. The fourth-order valence-corrected chi connectivity index (χ4v) is 1.49. The Hall–Kier alpha value is -1.55. The number of hydrogen-bond acceptors (Lipinski definition) is 1. The summed E-state index contributed by atoms with van der Waals surface area (Å²) in [6, 6.07) is 4.00. The largest absolute Gasteiger partial charge is 0.226 e. The summed E-state index contributed by atoms with van der Waals surface area (Å²) in [5.74, 6) is -2.39. The van der Waals surface area contributed by atoms with Crippen LogP contribution < -0.4 is 0 Å². The third kappa shape index (κ3) is 2.17. The van der Waals surface area contributed by atoms with Crippen LogP contribution in [0.1, 0.15) is 0 Å². The van der Waals surface area contributed by atoms with Crippen molar-refractivity contribution in [3.05, 3.63) is 53.1 Å². The van der Waals surface area contributed by atoms with Crippen LogP contribution in [0.15, 0.2) is 30.5 Å². The molecule has 2 aromatic rings. The van der Waals surface area contributed by atoms with Crippen molar-refractivity contribution in [2.24, 2.45) is 0 Å². The van der Waals surface area contributed by atoms with Crippen molar-refractivity contribution in [1.29, 1.82) is 0 Å². The molecule has 0 spiro atoms. The van der Waals surface area contributed by atoms with Crippen LogP contribution in [0.4, 0.5) is 13.2 Å². The molecule has 1 nitrogen and oxygen atoms in total. The van der Waals surface area contributed by atoms with Crippen molar-refractivity contribution in [3.8, 4) is 11.1 Å². The Morgan fingerprint density at radius 2 is 1.56 bits per heavy atom. The Morgan fingerprint density at radius 3 is 2.19 bits per heavy atom. The van der Waals surface area contributed by atoms with Crippen LogP contribution in [0, 0.1) is 17.6 Å². The monoisotopic (exact) mass is 243 g/mol. The maximum Gasteiger partial charge on any atom is 0.220 e. The maximum atomic E-state index is 13.3. The smallest absolute Gasteiger partial charge is 0.220 e. The molecule has 0 unspecified atom stereocenters. The van der Waals surface area contributed by atoms with Gasteiger partial charge in [0.1, 0.15) is 11.6 Å². The average Bonchev–Trinajstić information content (AvgIpc) is 2.20. The minimum Gasteiger partial charge on any atom is -0.226 e.